The molecule has 0 saturated heterocycles. The Morgan fingerprint density at radius 3 is 1.57 bits per heavy atom. The van der Waals surface area contributed by atoms with E-state index in [-0.39, 0.29) is 0 Å². The van der Waals surface area contributed by atoms with E-state index in [0.29, 0.717) is 0 Å². The number of unbranched alkanes of at least 4 members (excludes halogenated alkanes) is 8. The van der Waals surface area contributed by atoms with E-state index in [0.717, 1.165) is 48.8 Å². The van der Waals surface area contributed by atoms with E-state index < -0.39 is 0 Å². The molecule has 0 aliphatic carbocycles. The molecule has 0 aliphatic heterocycles. The van der Waals surface area contributed by atoms with Crippen molar-refractivity contribution in [1.29, 1.82) is 0 Å². The molecular formula is C27H39NO2. The summed E-state index contributed by atoms with van der Waals surface area (Å²) in [6, 6.07) is 16.1. The van der Waals surface area contributed by atoms with Crippen LogP contribution in [0.4, 0.5) is 5.69 Å². The van der Waals surface area contributed by atoms with Crippen LogP contribution in [0.3, 0.4) is 0 Å². The molecule has 164 valence electrons. The van der Waals surface area contributed by atoms with Crippen LogP contribution in [-0.2, 0) is 0 Å². The fourth-order valence-corrected chi connectivity index (χ4v) is 3.22. The van der Waals surface area contributed by atoms with Crippen molar-refractivity contribution in [3.8, 4) is 11.5 Å². The largest absolute Gasteiger partial charge is 0.494 e. The first kappa shape index (κ1) is 24.0. The zero-order valence-corrected chi connectivity index (χ0v) is 18.9. The third-order valence-electron chi connectivity index (χ3n) is 5.11. The molecule has 2 rings (SSSR count). The lowest BCUT2D eigenvalue weighted by Gasteiger charge is -2.06. The minimum Gasteiger partial charge on any atom is -0.494 e. The van der Waals surface area contributed by atoms with Crippen molar-refractivity contribution in [2.24, 2.45) is 4.99 Å². The SMILES string of the molecule is CCCCCCCOc1ccc(C=Nc2ccc(OCCCCCCC)cc2)cc1. The first-order chi connectivity index (χ1) is 14.8. The van der Waals surface area contributed by atoms with Gasteiger partial charge >= 0.3 is 0 Å². The highest BCUT2D eigenvalue weighted by molar-refractivity contribution is 5.82. The summed E-state index contributed by atoms with van der Waals surface area (Å²) in [6.07, 6.45) is 14.4. The van der Waals surface area contributed by atoms with Gasteiger partial charge in [0.2, 0.25) is 0 Å². The summed E-state index contributed by atoms with van der Waals surface area (Å²) in [6.45, 7) is 6.06. The molecule has 0 aromatic heterocycles. The lowest BCUT2D eigenvalue weighted by Crippen LogP contribution is -1.97. The number of hydrogen-bond donors (Lipinski definition) is 0. The molecule has 0 amide bonds. The molecule has 0 N–H and O–H groups in total. The van der Waals surface area contributed by atoms with E-state index in [1.54, 1.807) is 0 Å². The van der Waals surface area contributed by atoms with E-state index in [4.69, 9.17) is 9.47 Å². The third kappa shape index (κ3) is 10.5. The van der Waals surface area contributed by atoms with Crippen LogP contribution >= 0.6 is 0 Å². The monoisotopic (exact) mass is 409 g/mol. The highest BCUT2D eigenvalue weighted by Gasteiger charge is 1.97. The van der Waals surface area contributed by atoms with Crippen LogP contribution in [0.15, 0.2) is 53.5 Å². The summed E-state index contributed by atoms with van der Waals surface area (Å²) in [4.78, 5) is 4.56. The van der Waals surface area contributed by atoms with Crippen LogP contribution in [0.25, 0.3) is 0 Å². The summed E-state index contributed by atoms with van der Waals surface area (Å²) >= 11 is 0. The Bertz CT molecular complexity index is 630. The zero-order valence-electron chi connectivity index (χ0n) is 18.9. The Labute approximate surface area is 183 Å². The quantitative estimate of drug-likeness (QED) is 0.207. The van der Waals surface area contributed by atoms with Crippen LogP contribution in [0.1, 0.15) is 83.6 Å². The molecule has 0 aliphatic rings. The first-order valence-electron chi connectivity index (χ1n) is 11.8. The summed E-state index contributed by atoms with van der Waals surface area (Å²) < 4.78 is 11.6. The van der Waals surface area contributed by atoms with Crippen molar-refractivity contribution < 1.29 is 9.47 Å². The predicted octanol–water partition coefficient (Wildman–Crippen LogP) is 8.14. The topological polar surface area (TPSA) is 30.8 Å². The minimum absolute atomic E-state index is 0.791. The lowest BCUT2D eigenvalue weighted by molar-refractivity contribution is 0.304. The third-order valence-corrected chi connectivity index (χ3v) is 5.11. The smallest absolute Gasteiger partial charge is 0.119 e. The van der Waals surface area contributed by atoms with Gasteiger partial charge in [0.1, 0.15) is 11.5 Å². The van der Waals surface area contributed by atoms with E-state index >= 15 is 0 Å². The fourth-order valence-electron chi connectivity index (χ4n) is 3.22. The molecule has 2 aromatic carbocycles. The fraction of sp³-hybridized carbons (Fsp3) is 0.519. The Morgan fingerprint density at radius 1 is 0.600 bits per heavy atom. The van der Waals surface area contributed by atoms with Crippen molar-refractivity contribution in [3.63, 3.8) is 0 Å². The number of rotatable bonds is 16. The number of aliphatic imine (C=N–C) groups is 1. The average molecular weight is 410 g/mol. The van der Waals surface area contributed by atoms with E-state index in [9.17, 15) is 0 Å². The molecule has 0 radical (unpaired) electrons. The van der Waals surface area contributed by atoms with Crippen LogP contribution in [0.5, 0.6) is 11.5 Å². The Morgan fingerprint density at radius 2 is 1.07 bits per heavy atom. The highest BCUT2D eigenvalue weighted by atomic mass is 16.5. The maximum absolute atomic E-state index is 5.82. The summed E-state index contributed by atoms with van der Waals surface area (Å²) in [7, 11) is 0. The number of hydrogen-bond acceptors (Lipinski definition) is 3. The van der Waals surface area contributed by atoms with Crippen LogP contribution in [0.2, 0.25) is 0 Å². The number of benzene rings is 2. The van der Waals surface area contributed by atoms with Gasteiger partial charge in [-0.15, -0.1) is 0 Å². The average Bonchev–Trinajstić information content (AvgIpc) is 2.79. The second-order valence-corrected chi connectivity index (χ2v) is 7.85. The molecule has 0 atom stereocenters. The van der Waals surface area contributed by atoms with Crippen molar-refractivity contribution in [2.45, 2.75) is 78.1 Å². The van der Waals surface area contributed by atoms with Gasteiger partial charge in [-0.05, 0) is 66.9 Å². The second kappa shape index (κ2) is 15.5. The molecule has 2 aromatic rings. The minimum atomic E-state index is 0.791. The molecule has 0 saturated carbocycles. The molecule has 0 spiro atoms. The van der Waals surface area contributed by atoms with Gasteiger partial charge in [-0.2, -0.15) is 0 Å². The summed E-state index contributed by atoms with van der Waals surface area (Å²) in [5.74, 6) is 1.85. The molecule has 0 unspecified atom stereocenters. The normalized spacial score (nSPS) is 11.1. The Kier molecular flexibility index (Phi) is 12.4. The van der Waals surface area contributed by atoms with Gasteiger partial charge < -0.3 is 9.47 Å². The summed E-state index contributed by atoms with van der Waals surface area (Å²) in [5.41, 5.74) is 2.00. The maximum atomic E-state index is 5.82. The van der Waals surface area contributed by atoms with E-state index in [1.165, 1.54) is 51.4 Å². The second-order valence-electron chi connectivity index (χ2n) is 7.85. The van der Waals surface area contributed by atoms with Gasteiger partial charge in [0.25, 0.3) is 0 Å². The van der Waals surface area contributed by atoms with Gasteiger partial charge in [0, 0.05) is 6.21 Å². The predicted molar refractivity (Wildman–Crippen MR) is 129 cm³/mol. The molecule has 3 nitrogen and oxygen atoms in total. The molecule has 0 heterocycles. The summed E-state index contributed by atoms with van der Waals surface area (Å²) in [5, 5.41) is 0. The highest BCUT2D eigenvalue weighted by Crippen LogP contribution is 2.19. The van der Waals surface area contributed by atoms with Gasteiger partial charge in [-0.25, -0.2) is 0 Å². The van der Waals surface area contributed by atoms with Gasteiger partial charge in [-0.3, -0.25) is 4.99 Å². The molecule has 0 bridgehead atoms. The van der Waals surface area contributed by atoms with Crippen molar-refractivity contribution in [2.75, 3.05) is 13.2 Å². The number of ether oxygens (including phenoxy) is 2. The molecule has 3 heteroatoms. The Hall–Kier alpha value is -2.29. The van der Waals surface area contributed by atoms with Gasteiger partial charge in [0.05, 0.1) is 18.9 Å². The standard InChI is InChI=1S/C27H39NO2/c1-3-5-7-9-11-21-29-26-17-13-24(14-18-26)23-28-25-15-19-27(20-16-25)30-22-12-10-8-6-4-2/h13-20,23H,3-12,21-22H2,1-2H3. The number of nitrogens with zero attached hydrogens (tertiary/aromatic N) is 1. The lowest BCUT2D eigenvalue weighted by atomic mass is 10.2. The van der Waals surface area contributed by atoms with Gasteiger partial charge in [0.15, 0.2) is 0 Å². The van der Waals surface area contributed by atoms with Crippen LogP contribution in [0, 0.1) is 0 Å². The molecular weight excluding hydrogens is 370 g/mol. The Balaban J connectivity index is 1.68. The van der Waals surface area contributed by atoms with E-state index in [2.05, 4.69) is 18.8 Å². The first-order valence-corrected chi connectivity index (χ1v) is 11.8. The van der Waals surface area contributed by atoms with Crippen LogP contribution < -0.4 is 9.47 Å². The zero-order chi connectivity index (χ0) is 21.3. The van der Waals surface area contributed by atoms with Gasteiger partial charge in [-0.1, -0.05) is 65.2 Å². The molecule has 0 fully saturated rings. The van der Waals surface area contributed by atoms with Crippen molar-refractivity contribution in [1.82, 2.24) is 0 Å². The maximum Gasteiger partial charge on any atom is 0.119 e. The van der Waals surface area contributed by atoms with Crippen LogP contribution in [-0.4, -0.2) is 19.4 Å². The van der Waals surface area contributed by atoms with Crippen molar-refractivity contribution in [3.05, 3.63) is 54.1 Å². The van der Waals surface area contributed by atoms with E-state index in [1.807, 2.05) is 54.7 Å². The van der Waals surface area contributed by atoms with Crippen molar-refractivity contribution >= 4 is 11.9 Å². The molecule has 30 heavy (non-hydrogen) atoms.